The highest BCUT2D eigenvalue weighted by Gasteiger charge is 2.43. The molecule has 3 nitrogen and oxygen atoms in total. The molecule has 1 aliphatic rings. The lowest BCUT2D eigenvalue weighted by molar-refractivity contribution is -0.461. The maximum absolute atomic E-state index is 12.7. The highest BCUT2D eigenvalue weighted by Crippen LogP contribution is 2.30. The Morgan fingerprint density at radius 3 is 2.75 bits per heavy atom. The first-order chi connectivity index (χ1) is 5.43. The van der Waals surface area contributed by atoms with Crippen molar-refractivity contribution in [1.29, 1.82) is 0 Å². The summed E-state index contributed by atoms with van der Waals surface area (Å²) in [4.78, 5) is 10.4. The average molecular weight is 178 g/mol. The van der Waals surface area contributed by atoms with Crippen LogP contribution < -0.4 is 5.73 Å². The Balaban J connectivity index is 2.78. The summed E-state index contributed by atoms with van der Waals surface area (Å²) < 4.78 is 25.5. The van der Waals surface area contributed by atoms with Crippen LogP contribution in [-0.2, 0) is 4.79 Å². The van der Waals surface area contributed by atoms with Gasteiger partial charge in [-0.3, -0.25) is 0 Å². The van der Waals surface area contributed by atoms with Crippen molar-refractivity contribution in [2.45, 2.75) is 24.8 Å². The van der Waals surface area contributed by atoms with Gasteiger partial charge in [0, 0.05) is 18.4 Å². The molecule has 0 saturated carbocycles. The van der Waals surface area contributed by atoms with E-state index in [0.29, 0.717) is 0 Å². The second-order valence-corrected chi connectivity index (χ2v) is 2.90. The molecule has 0 heterocycles. The van der Waals surface area contributed by atoms with Gasteiger partial charge in [-0.1, -0.05) is 6.08 Å². The summed E-state index contributed by atoms with van der Waals surface area (Å²) in [6.45, 7) is 0. The monoisotopic (exact) mass is 178 g/mol. The van der Waals surface area contributed by atoms with E-state index in [0.717, 1.165) is 6.08 Å². The van der Waals surface area contributed by atoms with Gasteiger partial charge in [-0.15, -0.1) is 0 Å². The van der Waals surface area contributed by atoms with Crippen LogP contribution in [0.4, 0.5) is 8.78 Å². The van der Waals surface area contributed by atoms with Crippen molar-refractivity contribution in [3.05, 3.63) is 11.6 Å². The van der Waals surface area contributed by atoms with Gasteiger partial charge in [-0.05, 0) is 0 Å². The molecular weight excluding hydrogens is 168 g/mol. The lowest BCUT2D eigenvalue weighted by atomic mass is 9.92. The number of alkyl halides is 2. The van der Waals surface area contributed by atoms with Crippen molar-refractivity contribution >= 4 is 5.97 Å². The molecule has 5 heteroatoms. The van der Waals surface area contributed by atoms with Gasteiger partial charge in [-0.2, -0.15) is 8.78 Å². The Morgan fingerprint density at radius 2 is 2.33 bits per heavy atom. The average Bonchev–Trinajstić information content (AvgIpc) is 1.94. The normalized spacial score (nSPS) is 27.9. The fourth-order valence-electron chi connectivity index (χ4n) is 1.10. The van der Waals surface area contributed by atoms with Crippen LogP contribution in [0.15, 0.2) is 11.6 Å². The van der Waals surface area contributed by atoms with E-state index in [-0.39, 0.29) is 12.0 Å². The predicted octanol–water partition coefficient (Wildman–Crippen LogP) is 0.0370. The lowest BCUT2D eigenvalue weighted by Gasteiger charge is -2.23. The number of halogens is 2. The van der Waals surface area contributed by atoms with E-state index >= 15 is 0 Å². The number of aliphatic carboxylic acids is 1. The van der Waals surface area contributed by atoms with Gasteiger partial charge >= 0.3 is 11.9 Å². The van der Waals surface area contributed by atoms with Crippen LogP contribution in [-0.4, -0.2) is 23.0 Å². The summed E-state index contributed by atoms with van der Waals surface area (Å²) in [5, 5.41) is 8.49. The molecule has 4 N–H and O–H groups in total. The molecule has 0 aromatic rings. The molecule has 0 unspecified atom stereocenters. The van der Waals surface area contributed by atoms with Crippen molar-refractivity contribution in [3.63, 3.8) is 0 Å². The van der Waals surface area contributed by atoms with Crippen LogP contribution in [0.5, 0.6) is 0 Å². The van der Waals surface area contributed by atoms with Crippen molar-refractivity contribution < 1.29 is 24.4 Å². The number of hydrogen-bond donors (Lipinski definition) is 2. The van der Waals surface area contributed by atoms with E-state index < -0.39 is 24.4 Å². The van der Waals surface area contributed by atoms with E-state index in [9.17, 15) is 13.6 Å². The first kappa shape index (κ1) is 9.12. The van der Waals surface area contributed by atoms with Gasteiger partial charge in [0.05, 0.1) is 0 Å². The molecule has 1 aliphatic carbocycles. The zero-order valence-electron chi connectivity index (χ0n) is 6.39. The van der Waals surface area contributed by atoms with Crippen molar-refractivity contribution in [3.8, 4) is 0 Å². The summed E-state index contributed by atoms with van der Waals surface area (Å²) in [5.41, 5.74) is 3.27. The lowest BCUT2D eigenvalue weighted by Crippen LogP contribution is -2.69. The molecule has 0 aromatic heterocycles. The maximum atomic E-state index is 12.7. The molecule has 0 amide bonds. The summed E-state index contributed by atoms with van der Waals surface area (Å²) in [6.07, 6.45) is 0.412. The number of allylic oxidation sites excluding steroid dienone is 1. The highest BCUT2D eigenvalue weighted by atomic mass is 19.3. The van der Waals surface area contributed by atoms with Gasteiger partial charge < -0.3 is 10.8 Å². The minimum Gasteiger partial charge on any atom is -0.478 e. The summed E-state index contributed by atoms with van der Waals surface area (Å²) in [5.74, 6) is -3.97. The third-order valence-electron chi connectivity index (χ3n) is 1.96. The third kappa shape index (κ3) is 1.61. The Kier molecular flexibility index (Phi) is 2.14. The topological polar surface area (TPSA) is 64.9 Å². The Bertz CT molecular complexity index is 238. The van der Waals surface area contributed by atoms with E-state index in [2.05, 4.69) is 5.73 Å². The van der Waals surface area contributed by atoms with Crippen molar-refractivity contribution in [2.75, 3.05) is 0 Å². The Morgan fingerprint density at radius 1 is 1.75 bits per heavy atom. The van der Waals surface area contributed by atoms with Crippen LogP contribution in [0.1, 0.15) is 12.8 Å². The van der Waals surface area contributed by atoms with Crippen molar-refractivity contribution in [2.24, 2.45) is 0 Å². The number of carbonyl (C=O) groups is 1. The standard InChI is InChI=1S/C7H9F2NO2/c8-7(9)2-1-4(6(11)12)3-5(7)10/h1,5H,2-3,10H2,(H,11,12)/p+1/t5-/m0/s1. The van der Waals surface area contributed by atoms with Gasteiger partial charge in [0.2, 0.25) is 0 Å². The Labute approximate surface area is 67.9 Å². The van der Waals surface area contributed by atoms with E-state index in [4.69, 9.17) is 5.11 Å². The quantitative estimate of drug-likeness (QED) is 0.595. The predicted molar refractivity (Wildman–Crippen MR) is 36.6 cm³/mol. The third-order valence-corrected chi connectivity index (χ3v) is 1.96. The molecule has 0 saturated heterocycles. The first-order valence-corrected chi connectivity index (χ1v) is 3.56. The first-order valence-electron chi connectivity index (χ1n) is 3.56. The highest BCUT2D eigenvalue weighted by molar-refractivity contribution is 5.86. The summed E-state index contributed by atoms with van der Waals surface area (Å²) in [6, 6.07) is -1.12. The number of hydrogen-bond acceptors (Lipinski definition) is 1. The van der Waals surface area contributed by atoms with Crippen LogP contribution in [0.25, 0.3) is 0 Å². The zero-order valence-corrected chi connectivity index (χ0v) is 6.39. The van der Waals surface area contributed by atoms with Crippen LogP contribution in [0, 0.1) is 0 Å². The molecule has 1 atom stereocenters. The van der Waals surface area contributed by atoms with Crippen LogP contribution in [0.2, 0.25) is 0 Å². The zero-order chi connectivity index (χ0) is 9.35. The van der Waals surface area contributed by atoms with Crippen molar-refractivity contribution in [1.82, 2.24) is 0 Å². The minimum atomic E-state index is -2.85. The van der Waals surface area contributed by atoms with Gasteiger partial charge in [0.25, 0.3) is 0 Å². The molecule has 68 valence electrons. The molecule has 0 bridgehead atoms. The van der Waals surface area contributed by atoms with Gasteiger partial charge in [0.15, 0.2) is 6.04 Å². The molecule has 0 spiro atoms. The summed E-state index contributed by atoms with van der Waals surface area (Å²) >= 11 is 0. The molecule has 1 rings (SSSR count). The number of rotatable bonds is 1. The SMILES string of the molecule is [NH3+][C@H]1CC(C(=O)O)=CCC1(F)F. The number of carboxylic acids is 1. The molecule has 0 aliphatic heterocycles. The fourth-order valence-corrected chi connectivity index (χ4v) is 1.10. The van der Waals surface area contributed by atoms with Crippen LogP contribution >= 0.6 is 0 Å². The van der Waals surface area contributed by atoms with E-state index in [1.54, 1.807) is 0 Å². The van der Waals surface area contributed by atoms with Gasteiger partial charge in [0.1, 0.15) is 0 Å². The fraction of sp³-hybridized carbons (Fsp3) is 0.571. The van der Waals surface area contributed by atoms with E-state index in [1.807, 2.05) is 0 Å². The second-order valence-electron chi connectivity index (χ2n) is 2.90. The second kappa shape index (κ2) is 2.82. The molecule has 12 heavy (non-hydrogen) atoms. The molecular formula is C7H10F2NO2+. The minimum absolute atomic E-state index is 0.0425. The van der Waals surface area contributed by atoms with Gasteiger partial charge in [-0.25, -0.2) is 4.79 Å². The molecule has 0 aromatic carbocycles. The van der Waals surface area contributed by atoms with Crippen LogP contribution in [0.3, 0.4) is 0 Å². The molecule has 0 radical (unpaired) electrons. The Hall–Kier alpha value is -0.970. The summed E-state index contributed by atoms with van der Waals surface area (Å²) in [7, 11) is 0. The number of carboxylic acid groups (broad SMARTS) is 1. The number of quaternary nitrogens is 1. The largest absolute Gasteiger partial charge is 0.478 e. The molecule has 0 fully saturated rings. The van der Waals surface area contributed by atoms with E-state index in [1.165, 1.54) is 0 Å². The smallest absolute Gasteiger partial charge is 0.331 e. The maximum Gasteiger partial charge on any atom is 0.331 e.